The summed E-state index contributed by atoms with van der Waals surface area (Å²) in [5.41, 5.74) is 5.57. The molecule has 2 unspecified atom stereocenters. The second-order valence-electron chi connectivity index (χ2n) is 10.3. The Labute approximate surface area is 239 Å². The van der Waals surface area contributed by atoms with Crippen LogP contribution < -0.4 is 20.7 Å². The summed E-state index contributed by atoms with van der Waals surface area (Å²) in [6, 6.07) is 6.28. The number of carbonyl (C=O) groups is 1. The van der Waals surface area contributed by atoms with Gasteiger partial charge in [-0.15, -0.1) is 0 Å². The van der Waals surface area contributed by atoms with Crippen LogP contribution in [0.1, 0.15) is 44.3 Å². The van der Waals surface area contributed by atoms with Crippen molar-refractivity contribution < 1.29 is 27.8 Å². The van der Waals surface area contributed by atoms with Crippen LogP contribution in [-0.2, 0) is 4.79 Å². The molecule has 0 radical (unpaired) electrons. The smallest absolute Gasteiger partial charge is 0.429 e. The van der Waals surface area contributed by atoms with Gasteiger partial charge in [0.15, 0.2) is 5.82 Å². The quantitative estimate of drug-likeness (QED) is 0.355. The molecule has 3 atom stereocenters. The maximum atomic E-state index is 14.4. The Morgan fingerprint density at radius 1 is 1.24 bits per heavy atom. The van der Waals surface area contributed by atoms with Crippen LogP contribution in [0.2, 0.25) is 5.02 Å². The number of hydrogen-bond acceptors (Lipinski definition) is 9. The van der Waals surface area contributed by atoms with E-state index in [1.807, 2.05) is 11.8 Å². The number of piperidine rings is 1. The minimum absolute atomic E-state index is 0.0601. The molecule has 41 heavy (non-hydrogen) atoms. The predicted octanol–water partition coefficient (Wildman–Crippen LogP) is 4.66. The number of aromatic nitrogens is 4. The molecule has 2 saturated heterocycles. The first kappa shape index (κ1) is 28.8. The first-order valence-electron chi connectivity index (χ1n) is 13.2. The summed E-state index contributed by atoms with van der Waals surface area (Å²) in [6.45, 7) is 3.07. The number of ether oxygens (including phenoxy) is 1. The third-order valence-electron chi connectivity index (χ3n) is 7.89. The maximum Gasteiger partial charge on any atom is 0.429 e. The van der Waals surface area contributed by atoms with Crippen LogP contribution >= 0.6 is 11.6 Å². The molecule has 2 fully saturated rings. The third-order valence-corrected chi connectivity index (χ3v) is 8.12. The summed E-state index contributed by atoms with van der Waals surface area (Å²) in [6.07, 6.45) is -1.71. The molecule has 14 heteroatoms. The lowest BCUT2D eigenvalue weighted by Crippen LogP contribution is -2.46. The zero-order valence-corrected chi connectivity index (χ0v) is 22.9. The summed E-state index contributed by atoms with van der Waals surface area (Å²) in [5, 5.41) is 13.0. The van der Waals surface area contributed by atoms with Crippen molar-refractivity contribution in [2.24, 2.45) is 5.41 Å². The van der Waals surface area contributed by atoms with Crippen molar-refractivity contribution in [1.29, 1.82) is 0 Å². The molecule has 10 nitrogen and oxygen atoms in total. The molecule has 0 saturated carbocycles. The van der Waals surface area contributed by atoms with Crippen LogP contribution in [0.15, 0.2) is 42.7 Å². The number of nitrogens with zero attached hydrogens (tertiary/aromatic N) is 5. The normalized spacial score (nSPS) is 21.1. The predicted molar refractivity (Wildman–Crippen MR) is 145 cm³/mol. The van der Waals surface area contributed by atoms with Crippen molar-refractivity contribution in [3.8, 4) is 17.3 Å². The van der Waals surface area contributed by atoms with Crippen LogP contribution in [0.4, 0.5) is 24.9 Å². The van der Waals surface area contributed by atoms with Gasteiger partial charge in [0.2, 0.25) is 17.9 Å². The molecule has 2 aliphatic rings. The van der Waals surface area contributed by atoms with E-state index in [-0.39, 0.29) is 45.3 Å². The van der Waals surface area contributed by atoms with Crippen molar-refractivity contribution >= 4 is 29.3 Å². The molecule has 1 aromatic carbocycles. The van der Waals surface area contributed by atoms with Crippen molar-refractivity contribution in [3.63, 3.8) is 0 Å². The van der Waals surface area contributed by atoms with Gasteiger partial charge in [-0.1, -0.05) is 24.6 Å². The largest absolute Gasteiger partial charge is 0.480 e. The van der Waals surface area contributed by atoms with E-state index in [1.165, 1.54) is 36.7 Å². The number of anilines is 2. The summed E-state index contributed by atoms with van der Waals surface area (Å²) in [4.78, 5) is 29.9. The highest BCUT2D eigenvalue weighted by molar-refractivity contribution is 6.30. The first-order valence-corrected chi connectivity index (χ1v) is 13.6. The van der Waals surface area contributed by atoms with Gasteiger partial charge in [0.05, 0.1) is 0 Å². The fourth-order valence-electron chi connectivity index (χ4n) is 5.94. The Kier molecular flexibility index (Phi) is 7.93. The molecule has 3 aromatic rings. The zero-order valence-electron chi connectivity index (χ0n) is 22.1. The molecule has 0 aliphatic carbocycles. The number of hydrogen-bond donors (Lipinski definition) is 3. The highest BCUT2D eigenvalue weighted by Gasteiger charge is 2.50. The van der Waals surface area contributed by atoms with Crippen LogP contribution in [0, 0.1) is 5.41 Å². The Morgan fingerprint density at radius 3 is 2.59 bits per heavy atom. The Bertz CT molecular complexity index is 1400. The molecular formula is C27H29ClF3N7O3. The SMILES string of the molecule is CCC1NC(C(=O)O)CC12CCN(c1cc(O[C@H](c3ccc(Cl)cc3-c3ncccn3)C(F)(F)F)nc(N)n1)CC2. The van der Waals surface area contributed by atoms with Gasteiger partial charge in [0.1, 0.15) is 11.9 Å². The highest BCUT2D eigenvalue weighted by Crippen LogP contribution is 2.46. The monoisotopic (exact) mass is 591 g/mol. The van der Waals surface area contributed by atoms with Gasteiger partial charge in [-0.05, 0) is 49.3 Å². The number of alkyl halides is 3. The second-order valence-corrected chi connectivity index (χ2v) is 10.8. The van der Waals surface area contributed by atoms with Crippen molar-refractivity contribution in [3.05, 3.63) is 53.3 Å². The lowest BCUT2D eigenvalue weighted by atomic mass is 9.71. The van der Waals surface area contributed by atoms with Gasteiger partial charge in [-0.2, -0.15) is 23.1 Å². The molecule has 2 aliphatic heterocycles. The van der Waals surface area contributed by atoms with E-state index in [0.717, 1.165) is 6.42 Å². The fourth-order valence-corrected chi connectivity index (χ4v) is 6.11. The van der Waals surface area contributed by atoms with Gasteiger partial charge in [0, 0.05) is 53.7 Å². The number of rotatable bonds is 7. The Balaban J connectivity index is 1.41. The minimum atomic E-state index is -4.83. The lowest BCUT2D eigenvalue weighted by molar-refractivity contribution is -0.198. The number of benzene rings is 1. The molecule has 0 amide bonds. The topological polar surface area (TPSA) is 139 Å². The number of carboxylic acid groups (broad SMARTS) is 1. The summed E-state index contributed by atoms with van der Waals surface area (Å²) < 4.78 is 48.8. The van der Waals surface area contributed by atoms with Gasteiger partial charge >= 0.3 is 12.1 Å². The van der Waals surface area contributed by atoms with Gasteiger partial charge < -0.3 is 25.8 Å². The van der Waals surface area contributed by atoms with Gasteiger partial charge in [-0.3, -0.25) is 4.79 Å². The standard InChI is InChI=1S/C27H29ClF3N7O3/c1-2-19-26(14-18(35-19)24(39)40)6-10-38(11-7-26)20-13-21(37-25(32)36-20)41-22(27(29,30)31)16-5-4-15(28)12-17(16)23-33-8-3-9-34-23/h3-5,8-9,12-13,18-19,22,35H,2,6-7,10-11,14H2,1H3,(H,39,40)(H2,32,36,37)/t18?,19?,22-/m1/s1. The summed E-state index contributed by atoms with van der Waals surface area (Å²) in [7, 11) is 0. The van der Waals surface area contributed by atoms with E-state index < -0.39 is 24.3 Å². The fraction of sp³-hybridized carbons (Fsp3) is 0.444. The minimum Gasteiger partial charge on any atom is -0.480 e. The number of nitrogens with two attached hydrogens (primary N) is 1. The number of aliphatic carboxylic acids is 1. The average molecular weight is 592 g/mol. The molecular weight excluding hydrogens is 563 g/mol. The Morgan fingerprint density at radius 2 is 1.95 bits per heavy atom. The maximum absolute atomic E-state index is 14.4. The number of nitrogens with one attached hydrogen (secondary N) is 1. The number of carboxylic acids is 1. The average Bonchev–Trinajstić information content (AvgIpc) is 3.30. The van der Waals surface area contributed by atoms with Crippen molar-refractivity contribution in [2.45, 2.75) is 57.0 Å². The number of halogens is 4. The molecule has 4 heterocycles. The summed E-state index contributed by atoms with van der Waals surface area (Å²) in [5.74, 6) is -1.05. The van der Waals surface area contributed by atoms with E-state index in [4.69, 9.17) is 22.1 Å². The van der Waals surface area contributed by atoms with E-state index in [0.29, 0.717) is 38.2 Å². The van der Waals surface area contributed by atoms with Crippen LogP contribution in [0.5, 0.6) is 5.88 Å². The van der Waals surface area contributed by atoms with Crippen molar-refractivity contribution in [1.82, 2.24) is 25.3 Å². The van der Waals surface area contributed by atoms with E-state index in [1.54, 1.807) is 6.07 Å². The van der Waals surface area contributed by atoms with Crippen LogP contribution in [-0.4, -0.2) is 62.4 Å². The van der Waals surface area contributed by atoms with Crippen LogP contribution in [0.25, 0.3) is 11.4 Å². The van der Waals surface area contributed by atoms with Gasteiger partial charge in [-0.25, -0.2) is 9.97 Å². The number of nitrogen functional groups attached to an aromatic ring is 1. The zero-order chi connectivity index (χ0) is 29.4. The lowest BCUT2D eigenvalue weighted by Gasteiger charge is -2.43. The molecule has 2 aromatic heterocycles. The highest BCUT2D eigenvalue weighted by atomic mass is 35.5. The first-order chi connectivity index (χ1) is 19.5. The molecule has 5 rings (SSSR count). The molecule has 0 bridgehead atoms. The Hall–Kier alpha value is -3.71. The molecule has 218 valence electrons. The van der Waals surface area contributed by atoms with E-state index in [2.05, 4.69) is 25.3 Å². The van der Waals surface area contributed by atoms with Gasteiger partial charge in [0.25, 0.3) is 0 Å². The van der Waals surface area contributed by atoms with Crippen molar-refractivity contribution in [2.75, 3.05) is 23.7 Å². The van der Waals surface area contributed by atoms with E-state index >= 15 is 0 Å². The molecule has 1 spiro atoms. The third kappa shape index (κ3) is 6.01. The second kappa shape index (κ2) is 11.3. The van der Waals surface area contributed by atoms with Crippen LogP contribution in [0.3, 0.4) is 0 Å². The summed E-state index contributed by atoms with van der Waals surface area (Å²) >= 11 is 6.11. The molecule has 4 N–H and O–H groups in total. The van der Waals surface area contributed by atoms with E-state index in [9.17, 15) is 23.1 Å².